The van der Waals surface area contributed by atoms with E-state index < -0.39 is 5.54 Å². The average molecular weight is 249 g/mol. The normalized spacial score (nSPS) is 16.3. The van der Waals surface area contributed by atoms with Gasteiger partial charge in [0.2, 0.25) is 6.08 Å². The number of hydrogen-bond acceptors (Lipinski definition) is 3. The number of carbonyl (C=O) groups excluding carboxylic acids is 1. The Morgan fingerprint density at radius 3 is 2.56 bits per heavy atom. The van der Waals surface area contributed by atoms with Crippen molar-refractivity contribution in [1.29, 1.82) is 0 Å². The van der Waals surface area contributed by atoms with Crippen LogP contribution in [0.3, 0.4) is 0 Å². The van der Waals surface area contributed by atoms with Crippen LogP contribution >= 0.6 is 0 Å². The van der Waals surface area contributed by atoms with Gasteiger partial charge in [0.1, 0.15) is 17.1 Å². The first-order valence-electron chi connectivity index (χ1n) is 6.01. The van der Waals surface area contributed by atoms with Gasteiger partial charge < -0.3 is 4.74 Å². The molecular weight excluding hydrogens is 233 g/mol. The summed E-state index contributed by atoms with van der Waals surface area (Å²) in [6, 6.07) is 3.15. The van der Waals surface area contributed by atoms with Crippen LogP contribution in [-0.4, -0.2) is 13.2 Å². The molecule has 0 bridgehead atoms. The van der Waals surface area contributed by atoms with Gasteiger partial charge >= 0.3 is 0 Å². The Bertz CT molecular complexity index is 515. The number of aliphatic imine (C=N–C) groups is 1. The Hall–Kier alpha value is -1.67. The zero-order chi connectivity index (χ0) is 13.3. The van der Waals surface area contributed by atoms with E-state index in [2.05, 4.69) is 4.99 Å². The summed E-state index contributed by atoms with van der Waals surface area (Å²) in [6.07, 6.45) is 3.17. The van der Waals surface area contributed by atoms with E-state index in [1.54, 1.807) is 12.1 Å². The fourth-order valence-corrected chi connectivity index (χ4v) is 2.19. The molecule has 0 spiro atoms. The first-order valence-corrected chi connectivity index (χ1v) is 6.01. The average Bonchev–Trinajstić information content (AvgIpc) is 3.09. The summed E-state index contributed by atoms with van der Waals surface area (Å²) < 4.78 is 19.1. The van der Waals surface area contributed by atoms with Crippen LogP contribution < -0.4 is 4.74 Å². The van der Waals surface area contributed by atoms with Crippen LogP contribution in [0.1, 0.15) is 43.7 Å². The van der Waals surface area contributed by atoms with Gasteiger partial charge in [0.05, 0.1) is 7.11 Å². The minimum absolute atomic E-state index is 0.0747. The zero-order valence-electron chi connectivity index (χ0n) is 10.8. The van der Waals surface area contributed by atoms with Crippen molar-refractivity contribution < 1.29 is 13.9 Å². The molecule has 0 amide bonds. The summed E-state index contributed by atoms with van der Waals surface area (Å²) in [5.41, 5.74) is 0.876. The minimum Gasteiger partial charge on any atom is -0.496 e. The van der Waals surface area contributed by atoms with Crippen molar-refractivity contribution in [3.63, 3.8) is 0 Å². The summed E-state index contributed by atoms with van der Waals surface area (Å²) in [7, 11) is 1.49. The third kappa shape index (κ3) is 2.04. The van der Waals surface area contributed by atoms with Gasteiger partial charge in [0.25, 0.3) is 0 Å². The van der Waals surface area contributed by atoms with Crippen molar-refractivity contribution in [3.8, 4) is 5.75 Å². The summed E-state index contributed by atoms with van der Waals surface area (Å²) in [5, 5.41) is 0. The van der Waals surface area contributed by atoms with Crippen LogP contribution in [-0.2, 0) is 10.3 Å². The second kappa shape index (κ2) is 4.54. The number of ether oxygens (including phenoxy) is 1. The highest BCUT2D eigenvalue weighted by atomic mass is 19.1. The summed E-state index contributed by atoms with van der Waals surface area (Å²) in [5.74, 6) is 0.246. The van der Waals surface area contributed by atoms with Gasteiger partial charge in [-0.1, -0.05) is 13.8 Å². The molecule has 0 atom stereocenters. The third-order valence-corrected chi connectivity index (χ3v) is 3.43. The number of hydrogen-bond donors (Lipinski definition) is 0. The van der Waals surface area contributed by atoms with E-state index in [1.807, 2.05) is 13.8 Å². The molecule has 1 fully saturated rings. The van der Waals surface area contributed by atoms with Crippen LogP contribution in [0.5, 0.6) is 5.75 Å². The molecule has 0 radical (unpaired) electrons. The molecule has 1 aromatic carbocycles. The highest BCUT2D eigenvalue weighted by Crippen LogP contribution is 2.53. The molecule has 0 aliphatic heterocycles. The van der Waals surface area contributed by atoms with Gasteiger partial charge in [-0.15, -0.1) is 0 Å². The summed E-state index contributed by atoms with van der Waals surface area (Å²) in [6.45, 7) is 3.86. The Labute approximate surface area is 106 Å². The summed E-state index contributed by atoms with van der Waals surface area (Å²) >= 11 is 0. The maximum absolute atomic E-state index is 13.9. The van der Waals surface area contributed by atoms with Crippen LogP contribution in [0.4, 0.5) is 4.39 Å². The van der Waals surface area contributed by atoms with E-state index >= 15 is 0 Å². The fraction of sp³-hybridized carbons (Fsp3) is 0.500. The predicted octanol–water partition coefficient (Wildman–Crippen LogP) is 3.28. The highest BCUT2D eigenvalue weighted by Gasteiger charge is 2.47. The van der Waals surface area contributed by atoms with E-state index in [-0.39, 0.29) is 11.7 Å². The molecule has 2 rings (SSSR count). The lowest BCUT2D eigenvalue weighted by atomic mass is 9.95. The lowest BCUT2D eigenvalue weighted by molar-refractivity contribution is 0.399. The zero-order valence-corrected chi connectivity index (χ0v) is 10.8. The van der Waals surface area contributed by atoms with E-state index in [9.17, 15) is 9.18 Å². The third-order valence-electron chi connectivity index (χ3n) is 3.43. The first kappa shape index (κ1) is 12.8. The Balaban J connectivity index is 2.58. The second-order valence-corrected chi connectivity index (χ2v) is 4.96. The van der Waals surface area contributed by atoms with Gasteiger partial charge in [0.15, 0.2) is 0 Å². The quantitative estimate of drug-likeness (QED) is 0.606. The molecule has 3 nitrogen and oxygen atoms in total. The van der Waals surface area contributed by atoms with Crippen molar-refractivity contribution in [2.24, 2.45) is 4.99 Å². The topological polar surface area (TPSA) is 38.7 Å². The van der Waals surface area contributed by atoms with Crippen LogP contribution in [0.2, 0.25) is 0 Å². The van der Waals surface area contributed by atoms with Crippen molar-refractivity contribution in [2.45, 2.75) is 38.1 Å². The monoisotopic (exact) mass is 249 g/mol. The van der Waals surface area contributed by atoms with Gasteiger partial charge in [0, 0.05) is 11.6 Å². The fourth-order valence-electron chi connectivity index (χ4n) is 2.19. The molecule has 1 aromatic rings. The van der Waals surface area contributed by atoms with E-state index in [1.165, 1.54) is 13.2 Å². The van der Waals surface area contributed by atoms with Gasteiger partial charge in [-0.05, 0) is 30.4 Å². The Kier molecular flexibility index (Phi) is 3.22. The maximum atomic E-state index is 13.9. The van der Waals surface area contributed by atoms with Crippen LogP contribution in [0.15, 0.2) is 17.1 Å². The smallest absolute Gasteiger partial charge is 0.235 e. The van der Waals surface area contributed by atoms with Crippen molar-refractivity contribution in [2.75, 3.05) is 7.11 Å². The molecule has 1 saturated carbocycles. The first-order chi connectivity index (χ1) is 8.54. The van der Waals surface area contributed by atoms with Crippen molar-refractivity contribution >= 4 is 6.08 Å². The van der Waals surface area contributed by atoms with Gasteiger partial charge in [-0.2, -0.15) is 4.99 Å². The van der Waals surface area contributed by atoms with E-state index in [0.29, 0.717) is 11.3 Å². The predicted molar refractivity (Wildman–Crippen MR) is 66.1 cm³/mol. The van der Waals surface area contributed by atoms with Crippen LogP contribution in [0, 0.1) is 5.82 Å². The lowest BCUT2D eigenvalue weighted by Gasteiger charge is -2.17. The largest absolute Gasteiger partial charge is 0.496 e. The highest BCUT2D eigenvalue weighted by molar-refractivity contribution is 5.49. The number of methoxy groups -OCH3 is 1. The molecule has 0 N–H and O–H groups in total. The Morgan fingerprint density at radius 2 is 2.11 bits per heavy atom. The number of rotatable bonds is 4. The lowest BCUT2D eigenvalue weighted by Crippen LogP contribution is -2.08. The standard InChI is InChI=1S/C14H16FNO2/c1-9(2)10-6-11(13(18-3)7-12(10)15)14(4-5-14)16-8-17/h6-7,9H,4-5H2,1-3H3. The molecule has 96 valence electrons. The maximum Gasteiger partial charge on any atom is 0.235 e. The molecule has 0 saturated heterocycles. The van der Waals surface area contributed by atoms with Gasteiger partial charge in [-0.3, -0.25) is 0 Å². The van der Waals surface area contributed by atoms with Crippen molar-refractivity contribution in [3.05, 3.63) is 29.1 Å². The molecule has 4 heteroatoms. The molecule has 18 heavy (non-hydrogen) atoms. The number of nitrogens with zero attached hydrogens (tertiary/aromatic N) is 1. The SMILES string of the molecule is COc1cc(F)c(C(C)C)cc1C1(N=C=O)CC1. The second-order valence-electron chi connectivity index (χ2n) is 4.96. The molecular formula is C14H16FNO2. The molecule has 0 heterocycles. The van der Waals surface area contributed by atoms with Crippen molar-refractivity contribution in [1.82, 2.24) is 0 Å². The van der Waals surface area contributed by atoms with E-state index in [4.69, 9.17) is 4.74 Å². The van der Waals surface area contributed by atoms with E-state index in [0.717, 1.165) is 18.4 Å². The Morgan fingerprint density at radius 1 is 1.44 bits per heavy atom. The minimum atomic E-state index is -0.537. The molecule has 0 aromatic heterocycles. The molecule has 1 aliphatic carbocycles. The molecule has 1 aliphatic rings. The number of halogens is 1. The molecule has 0 unspecified atom stereocenters. The number of isocyanates is 1. The number of benzene rings is 1. The summed E-state index contributed by atoms with van der Waals surface area (Å²) in [4.78, 5) is 14.4. The van der Waals surface area contributed by atoms with Gasteiger partial charge in [-0.25, -0.2) is 9.18 Å². The van der Waals surface area contributed by atoms with Crippen LogP contribution in [0.25, 0.3) is 0 Å².